The molecular weight excluding hydrogens is 252 g/mol. The molecule has 1 aromatic heterocycles. The number of hydrogen-bond donors (Lipinski definition) is 1. The van der Waals surface area contributed by atoms with Crippen molar-refractivity contribution in [3.63, 3.8) is 0 Å². The van der Waals surface area contributed by atoms with E-state index in [0.717, 1.165) is 12.0 Å². The second-order valence-corrected chi connectivity index (χ2v) is 5.09. The smallest absolute Gasteiger partial charge is 0.272 e. The summed E-state index contributed by atoms with van der Waals surface area (Å²) in [5.41, 5.74) is 8.97. The molecule has 2 aromatic rings. The van der Waals surface area contributed by atoms with Crippen molar-refractivity contribution >= 4 is 5.91 Å². The Morgan fingerprint density at radius 3 is 2.95 bits per heavy atom. The van der Waals surface area contributed by atoms with Gasteiger partial charge < -0.3 is 15.2 Å². The number of aryl methyl sites for hydroxylation is 1. The lowest BCUT2D eigenvalue weighted by molar-refractivity contribution is 0.0658. The number of imidazole rings is 1. The van der Waals surface area contributed by atoms with Gasteiger partial charge in [0.1, 0.15) is 5.69 Å². The zero-order valence-corrected chi connectivity index (χ0v) is 11.5. The normalized spacial score (nSPS) is 17.9. The molecule has 0 saturated heterocycles. The van der Waals surface area contributed by atoms with E-state index < -0.39 is 0 Å². The van der Waals surface area contributed by atoms with Crippen molar-refractivity contribution in [2.75, 3.05) is 13.1 Å². The van der Waals surface area contributed by atoms with Gasteiger partial charge >= 0.3 is 0 Å². The number of aromatic nitrogens is 2. The van der Waals surface area contributed by atoms with Crippen molar-refractivity contribution < 1.29 is 4.79 Å². The molecule has 1 aromatic carbocycles. The molecule has 0 saturated carbocycles. The topological polar surface area (TPSA) is 64.2 Å². The van der Waals surface area contributed by atoms with Crippen LogP contribution in [-0.4, -0.2) is 33.4 Å². The van der Waals surface area contributed by atoms with Gasteiger partial charge in [0.15, 0.2) is 0 Å². The lowest BCUT2D eigenvalue weighted by Crippen LogP contribution is -2.43. The second-order valence-electron chi connectivity index (χ2n) is 5.09. The third-order valence-electron chi connectivity index (χ3n) is 3.93. The zero-order chi connectivity index (χ0) is 14.1. The van der Waals surface area contributed by atoms with E-state index in [1.54, 1.807) is 17.1 Å². The first-order valence-electron chi connectivity index (χ1n) is 6.77. The van der Waals surface area contributed by atoms with Crippen LogP contribution in [0, 0.1) is 0 Å². The molecule has 2 N–H and O–H groups in total. The van der Waals surface area contributed by atoms with Crippen LogP contribution in [0.15, 0.2) is 36.8 Å². The number of rotatable bonds is 2. The summed E-state index contributed by atoms with van der Waals surface area (Å²) < 4.78 is 1.75. The fourth-order valence-corrected chi connectivity index (χ4v) is 2.86. The van der Waals surface area contributed by atoms with E-state index in [2.05, 4.69) is 17.1 Å². The van der Waals surface area contributed by atoms with Gasteiger partial charge in [-0.3, -0.25) is 4.79 Å². The van der Waals surface area contributed by atoms with Crippen LogP contribution >= 0.6 is 0 Å². The highest BCUT2D eigenvalue weighted by Crippen LogP contribution is 2.29. The van der Waals surface area contributed by atoms with Crippen LogP contribution in [0.1, 0.15) is 27.7 Å². The van der Waals surface area contributed by atoms with E-state index in [1.807, 2.05) is 24.1 Å². The van der Waals surface area contributed by atoms with E-state index in [-0.39, 0.29) is 11.9 Å². The summed E-state index contributed by atoms with van der Waals surface area (Å²) in [4.78, 5) is 18.5. The molecule has 1 unspecified atom stereocenters. The van der Waals surface area contributed by atoms with Crippen molar-refractivity contribution in [3.8, 4) is 0 Å². The summed E-state index contributed by atoms with van der Waals surface area (Å²) in [5.74, 6) is -0.00467. The summed E-state index contributed by atoms with van der Waals surface area (Å²) in [7, 11) is 1.83. The van der Waals surface area contributed by atoms with Crippen LogP contribution in [0.2, 0.25) is 0 Å². The van der Waals surface area contributed by atoms with Crippen LogP contribution in [0.5, 0.6) is 0 Å². The number of nitrogens with zero attached hydrogens (tertiary/aromatic N) is 3. The highest BCUT2D eigenvalue weighted by atomic mass is 16.2. The molecular formula is C15H18N4O. The number of benzene rings is 1. The standard InChI is InChI=1S/C15H18N4O/c1-18-10-17-9-14(18)15(20)19-7-6-11-4-2-3-5-12(11)13(19)8-16/h2-5,9-10,13H,6-8,16H2,1H3. The molecule has 104 valence electrons. The van der Waals surface area contributed by atoms with Crippen molar-refractivity contribution in [2.45, 2.75) is 12.5 Å². The quantitative estimate of drug-likeness (QED) is 0.889. The van der Waals surface area contributed by atoms with Crippen molar-refractivity contribution in [2.24, 2.45) is 12.8 Å². The van der Waals surface area contributed by atoms with E-state index in [0.29, 0.717) is 18.8 Å². The zero-order valence-electron chi connectivity index (χ0n) is 11.5. The third-order valence-corrected chi connectivity index (χ3v) is 3.93. The lowest BCUT2D eigenvalue weighted by Gasteiger charge is -2.36. The average Bonchev–Trinajstić information content (AvgIpc) is 2.91. The first kappa shape index (κ1) is 12.9. The Hall–Kier alpha value is -2.14. The van der Waals surface area contributed by atoms with Crippen LogP contribution < -0.4 is 5.73 Å². The molecule has 0 fully saturated rings. The lowest BCUT2D eigenvalue weighted by atomic mass is 9.92. The number of fused-ring (bicyclic) bond motifs is 1. The van der Waals surface area contributed by atoms with Crippen LogP contribution in [0.25, 0.3) is 0 Å². The predicted molar refractivity (Wildman–Crippen MR) is 76.2 cm³/mol. The molecule has 0 spiro atoms. The first-order valence-corrected chi connectivity index (χ1v) is 6.77. The van der Waals surface area contributed by atoms with Gasteiger partial charge in [0.05, 0.1) is 18.6 Å². The molecule has 0 radical (unpaired) electrons. The minimum Gasteiger partial charge on any atom is -0.330 e. The number of amides is 1. The van der Waals surface area contributed by atoms with E-state index in [9.17, 15) is 4.79 Å². The minimum atomic E-state index is -0.0534. The summed E-state index contributed by atoms with van der Waals surface area (Å²) in [6.45, 7) is 1.13. The fraction of sp³-hybridized carbons (Fsp3) is 0.333. The molecule has 1 amide bonds. The van der Waals surface area contributed by atoms with Crippen LogP contribution in [0.3, 0.4) is 0 Å². The maximum absolute atomic E-state index is 12.7. The highest BCUT2D eigenvalue weighted by Gasteiger charge is 2.31. The summed E-state index contributed by atoms with van der Waals surface area (Å²) in [6.07, 6.45) is 4.12. The molecule has 1 aliphatic heterocycles. The van der Waals surface area contributed by atoms with Gasteiger partial charge in [-0.25, -0.2) is 4.98 Å². The highest BCUT2D eigenvalue weighted by molar-refractivity contribution is 5.93. The number of carbonyl (C=O) groups excluding carboxylic acids is 1. The van der Waals surface area contributed by atoms with Crippen molar-refractivity contribution in [3.05, 3.63) is 53.6 Å². The van der Waals surface area contributed by atoms with Crippen molar-refractivity contribution in [1.82, 2.24) is 14.5 Å². The van der Waals surface area contributed by atoms with Gasteiger partial charge in [-0.1, -0.05) is 24.3 Å². The molecule has 1 atom stereocenters. The fourth-order valence-electron chi connectivity index (χ4n) is 2.86. The van der Waals surface area contributed by atoms with E-state index in [4.69, 9.17) is 5.73 Å². The Bertz CT molecular complexity index is 634. The largest absolute Gasteiger partial charge is 0.330 e. The van der Waals surface area contributed by atoms with Gasteiger partial charge in [-0.2, -0.15) is 0 Å². The number of carbonyl (C=O) groups is 1. The minimum absolute atomic E-state index is 0.00467. The Labute approximate surface area is 118 Å². The first-order chi connectivity index (χ1) is 9.72. The van der Waals surface area contributed by atoms with E-state index >= 15 is 0 Å². The SMILES string of the molecule is Cn1cncc1C(=O)N1CCc2ccccc2C1CN. The van der Waals surface area contributed by atoms with Gasteiger partial charge in [0.25, 0.3) is 5.91 Å². The summed E-state index contributed by atoms with van der Waals surface area (Å²) in [6, 6.07) is 8.16. The maximum Gasteiger partial charge on any atom is 0.272 e. The molecule has 3 rings (SSSR count). The Morgan fingerprint density at radius 2 is 2.25 bits per heavy atom. The van der Waals surface area contributed by atoms with Gasteiger partial charge in [-0.15, -0.1) is 0 Å². The monoisotopic (exact) mass is 270 g/mol. The third kappa shape index (κ3) is 2.00. The van der Waals surface area contributed by atoms with Crippen LogP contribution in [0.4, 0.5) is 0 Å². The predicted octanol–water partition coefficient (Wildman–Crippen LogP) is 1.12. The van der Waals surface area contributed by atoms with Crippen molar-refractivity contribution in [1.29, 1.82) is 0 Å². The summed E-state index contributed by atoms with van der Waals surface area (Å²) in [5, 5.41) is 0. The Kier molecular flexibility index (Phi) is 3.28. The summed E-state index contributed by atoms with van der Waals surface area (Å²) >= 11 is 0. The molecule has 5 heteroatoms. The maximum atomic E-state index is 12.7. The molecule has 2 heterocycles. The molecule has 5 nitrogen and oxygen atoms in total. The molecule has 0 aliphatic carbocycles. The Balaban J connectivity index is 1.96. The van der Waals surface area contributed by atoms with Gasteiger partial charge in [0.2, 0.25) is 0 Å². The second kappa shape index (κ2) is 5.09. The number of hydrogen-bond acceptors (Lipinski definition) is 3. The average molecular weight is 270 g/mol. The van der Waals surface area contributed by atoms with Gasteiger partial charge in [-0.05, 0) is 17.5 Å². The van der Waals surface area contributed by atoms with E-state index in [1.165, 1.54) is 5.56 Å². The number of nitrogens with two attached hydrogens (primary N) is 1. The van der Waals surface area contributed by atoms with Gasteiger partial charge in [0, 0.05) is 20.1 Å². The molecule has 0 bridgehead atoms. The van der Waals surface area contributed by atoms with Crippen LogP contribution in [-0.2, 0) is 13.5 Å². The molecule has 1 aliphatic rings. The Morgan fingerprint density at radius 1 is 1.45 bits per heavy atom. The molecule has 20 heavy (non-hydrogen) atoms.